The highest BCUT2D eigenvalue weighted by atomic mass is 35.5. The zero-order chi connectivity index (χ0) is 16.6. The molecule has 0 spiro atoms. The van der Waals surface area contributed by atoms with E-state index in [-0.39, 0.29) is 0 Å². The Bertz CT molecular complexity index is 827. The standard InChI is InChI=1S/C18H18ClN3S/c1-10-7-11(2)13(4)17(12(10)3)15-9-23-18(22-15)21-14-5-6-16(19)20-8-14/h5-9H,1-4H3,(H,21,22). The molecule has 0 radical (unpaired) electrons. The highest BCUT2D eigenvalue weighted by Crippen LogP contribution is 2.34. The predicted molar refractivity (Wildman–Crippen MR) is 99.0 cm³/mol. The summed E-state index contributed by atoms with van der Waals surface area (Å²) >= 11 is 7.40. The number of aromatic nitrogens is 2. The van der Waals surface area contributed by atoms with Crippen LogP contribution in [0.1, 0.15) is 22.3 Å². The maximum absolute atomic E-state index is 5.81. The smallest absolute Gasteiger partial charge is 0.187 e. The molecule has 0 bridgehead atoms. The first-order valence-electron chi connectivity index (χ1n) is 7.37. The molecule has 1 N–H and O–H groups in total. The van der Waals surface area contributed by atoms with Crippen molar-refractivity contribution in [2.75, 3.05) is 5.32 Å². The van der Waals surface area contributed by atoms with Gasteiger partial charge in [0.25, 0.3) is 0 Å². The molecule has 0 fully saturated rings. The minimum atomic E-state index is 0.483. The van der Waals surface area contributed by atoms with Gasteiger partial charge >= 0.3 is 0 Å². The number of hydrogen-bond donors (Lipinski definition) is 1. The molecule has 2 aromatic heterocycles. The first-order chi connectivity index (χ1) is 11.0. The number of rotatable bonds is 3. The van der Waals surface area contributed by atoms with Crippen LogP contribution < -0.4 is 5.32 Å². The van der Waals surface area contributed by atoms with E-state index in [0.717, 1.165) is 16.5 Å². The summed E-state index contributed by atoms with van der Waals surface area (Å²) in [5.74, 6) is 0. The van der Waals surface area contributed by atoms with Crippen LogP contribution >= 0.6 is 22.9 Å². The minimum Gasteiger partial charge on any atom is -0.330 e. The number of nitrogens with zero attached hydrogens (tertiary/aromatic N) is 2. The molecule has 0 saturated heterocycles. The topological polar surface area (TPSA) is 37.8 Å². The highest BCUT2D eigenvalue weighted by molar-refractivity contribution is 7.14. The van der Waals surface area contributed by atoms with Gasteiger partial charge in [-0.1, -0.05) is 17.7 Å². The van der Waals surface area contributed by atoms with Crippen LogP contribution in [-0.4, -0.2) is 9.97 Å². The number of aryl methyl sites for hydroxylation is 2. The molecule has 0 unspecified atom stereocenters. The van der Waals surface area contributed by atoms with Gasteiger partial charge in [-0.3, -0.25) is 0 Å². The summed E-state index contributed by atoms with van der Waals surface area (Å²) in [6.07, 6.45) is 1.71. The largest absolute Gasteiger partial charge is 0.330 e. The molecule has 3 nitrogen and oxygen atoms in total. The van der Waals surface area contributed by atoms with Gasteiger partial charge in [-0.15, -0.1) is 11.3 Å². The van der Waals surface area contributed by atoms with Crippen LogP contribution in [0.4, 0.5) is 10.8 Å². The summed E-state index contributed by atoms with van der Waals surface area (Å²) in [6, 6.07) is 5.89. The molecule has 0 saturated carbocycles. The lowest BCUT2D eigenvalue weighted by molar-refractivity contribution is 1.23. The summed E-state index contributed by atoms with van der Waals surface area (Å²) in [7, 11) is 0. The number of benzene rings is 1. The van der Waals surface area contributed by atoms with Crippen molar-refractivity contribution >= 4 is 33.8 Å². The Morgan fingerprint density at radius 2 is 1.74 bits per heavy atom. The predicted octanol–water partition coefficient (Wildman–Crippen LogP) is 5.84. The van der Waals surface area contributed by atoms with Gasteiger partial charge in [0.1, 0.15) is 5.15 Å². The van der Waals surface area contributed by atoms with Gasteiger partial charge in [0.2, 0.25) is 0 Å². The fourth-order valence-corrected chi connectivity index (χ4v) is 3.45. The molecule has 23 heavy (non-hydrogen) atoms. The molecule has 3 aromatic rings. The Labute approximate surface area is 145 Å². The SMILES string of the molecule is Cc1cc(C)c(C)c(-c2csc(Nc3ccc(Cl)nc3)n2)c1C. The molecule has 2 heterocycles. The lowest BCUT2D eigenvalue weighted by Gasteiger charge is -2.13. The summed E-state index contributed by atoms with van der Waals surface area (Å²) in [5.41, 5.74) is 8.31. The molecule has 0 aliphatic carbocycles. The number of pyridine rings is 1. The Hall–Kier alpha value is -1.91. The van der Waals surface area contributed by atoms with E-state index in [1.807, 2.05) is 6.07 Å². The van der Waals surface area contributed by atoms with E-state index >= 15 is 0 Å². The van der Waals surface area contributed by atoms with E-state index in [0.29, 0.717) is 5.15 Å². The summed E-state index contributed by atoms with van der Waals surface area (Å²) < 4.78 is 0. The number of thiazole rings is 1. The second kappa shape index (κ2) is 6.30. The fourth-order valence-electron chi connectivity index (χ4n) is 2.62. The lowest BCUT2D eigenvalue weighted by Crippen LogP contribution is -1.96. The van der Waals surface area contributed by atoms with Gasteiger partial charge in [-0.2, -0.15) is 0 Å². The van der Waals surface area contributed by atoms with Crippen molar-refractivity contribution < 1.29 is 0 Å². The van der Waals surface area contributed by atoms with Crippen LogP contribution in [0, 0.1) is 27.7 Å². The molecule has 0 amide bonds. The molecule has 1 aromatic carbocycles. The van der Waals surface area contributed by atoms with E-state index in [1.54, 1.807) is 23.6 Å². The van der Waals surface area contributed by atoms with E-state index < -0.39 is 0 Å². The van der Waals surface area contributed by atoms with Crippen molar-refractivity contribution in [3.63, 3.8) is 0 Å². The van der Waals surface area contributed by atoms with Gasteiger partial charge in [0, 0.05) is 10.9 Å². The van der Waals surface area contributed by atoms with Gasteiger partial charge in [-0.25, -0.2) is 9.97 Å². The fraction of sp³-hybridized carbons (Fsp3) is 0.222. The highest BCUT2D eigenvalue weighted by Gasteiger charge is 2.13. The molecule has 3 rings (SSSR count). The number of anilines is 2. The maximum atomic E-state index is 5.81. The van der Waals surface area contributed by atoms with Gasteiger partial charge < -0.3 is 5.32 Å². The number of halogens is 1. The normalized spacial score (nSPS) is 10.8. The third-order valence-corrected chi connectivity index (χ3v) is 5.09. The van der Waals surface area contributed by atoms with Gasteiger partial charge in [0.05, 0.1) is 17.6 Å². The van der Waals surface area contributed by atoms with Crippen molar-refractivity contribution in [2.45, 2.75) is 27.7 Å². The quantitative estimate of drug-likeness (QED) is 0.607. The van der Waals surface area contributed by atoms with E-state index in [2.05, 4.69) is 49.4 Å². The third kappa shape index (κ3) is 3.23. The average Bonchev–Trinajstić information content (AvgIpc) is 2.96. The first kappa shape index (κ1) is 16.0. The molecule has 5 heteroatoms. The number of hydrogen-bond acceptors (Lipinski definition) is 4. The van der Waals surface area contributed by atoms with Crippen molar-refractivity contribution in [1.82, 2.24) is 9.97 Å². The molecule has 0 aliphatic rings. The van der Waals surface area contributed by atoms with Crippen LogP contribution in [0.15, 0.2) is 29.8 Å². The Morgan fingerprint density at radius 1 is 1.04 bits per heavy atom. The van der Waals surface area contributed by atoms with Crippen LogP contribution in [0.5, 0.6) is 0 Å². The van der Waals surface area contributed by atoms with Crippen molar-refractivity contribution in [1.29, 1.82) is 0 Å². The maximum Gasteiger partial charge on any atom is 0.187 e. The Kier molecular flexibility index (Phi) is 4.37. The van der Waals surface area contributed by atoms with Crippen LogP contribution in [0.3, 0.4) is 0 Å². The summed E-state index contributed by atoms with van der Waals surface area (Å²) in [6.45, 7) is 8.62. The van der Waals surface area contributed by atoms with E-state index in [9.17, 15) is 0 Å². The van der Waals surface area contributed by atoms with Crippen molar-refractivity contribution in [2.24, 2.45) is 0 Å². The van der Waals surface area contributed by atoms with Crippen molar-refractivity contribution in [3.8, 4) is 11.3 Å². The monoisotopic (exact) mass is 343 g/mol. The number of nitrogens with one attached hydrogen (secondary N) is 1. The average molecular weight is 344 g/mol. The minimum absolute atomic E-state index is 0.483. The second-order valence-corrected chi connectivity index (χ2v) is 6.91. The summed E-state index contributed by atoms with van der Waals surface area (Å²) in [5, 5.41) is 6.71. The Morgan fingerprint density at radius 3 is 2.35 bits per heavy atom. The van der Waals surface area contributed by atoms with E-state index in [4.69, 9.17) is 16.6 Å². The molecule has 118 valence electrons. The van der Waals surface area contributed by atoms with E-state index in [1.165, 1.54) is 27.8 Å². The third-order valence-electron chi connectivity index (χ3n) is 4.11. The zero-order valence-corrected chi connectivity index (χ0v) is 15.1. The van der Waals surface area contributed by atoms with Crippen LogP contribution in [0.2, 0.25) is 5.15 Å². The van der Waals surface area contributed by atoms with Crippen LogP contribution in [-0.2, 0) is 0 Å². The van der Waals surface area contributed by atoms with Gasteiger partial charge in [0.15, 0.2) is 5.13 Å². The second-order valence-electron chi connectivity index (χ2n) is 5.67. The van der Waals surface area contributed by atoms with Gasteiger partial charge in [-0.05, 0) is 62.1 Å². The molecular weight excluding hydrogens is 326 g/mol. The molecule has 0 aliphatic heterocycles. The van der Waals surface area contributed by atoms with Crippen LogP contribution in [0.25, 0.3) is 11.3 Å². The summed E-state index contributed by atoms with van der Waals surface area (Å²) in [4.78, 5) is 8.82. The zero-order valence-electron chi connectivity index (χ0n) is 13.6. The molecule has 0 atom stereocenters. The van der Waals surface area contributed by atoms with Crippen molar-refractivity contribution in [3.05, 3.63) is 57.2 Å². The lowest BCUT2D eigenvalue weighted by atomic mass is 9.93. The first-order valence-corrected chi connectivity index (χ1v) is 8.63. The molecular formula is C18H18ClN3S. The Balaban J connectivity index is 1.95.